The Morgan fingerprint density at radius 2 is 1.64 bits per heavy atom. The molecule has 0 saturated heterocycles. The lowest BCUT2D eigenvalue weighted by Crippen LogP contribution is -2.06. The molecule has 0 unspecified atom stereocenters. The molecule has 0 aliphatic heterocycles. The summed E-state index contributed by atoms with van der Waals surface area (Å²) in [4.78, 5) is 11.8. The highest BCUT2D eigenvalue weighted by Gasteiger charge is 2.19. The van der Waals surface area contributed by atoms with Crippen LogP contribution in [0, 0.1) is 20.8 Å². The van der Waals surface area contributed by atoms with Crippen molar-refractivity contribution in [1.29, 1.82) is 0 Å². The molecule has 4 heteroatoms. The van der Waals surface area contributed by atoms with Gasteiger partial charge in [0.25, 0.3) is 0 Å². The van der Waals surface area contributed by atoms with Gasteiger partial charge in [-0.3, -0.25) is 0 Å². The average molecular weight is 292 g/mol. The number of aromatic nitrogens is 2. The van der Waals surface area contributed by atoms with Gasteiger partial charge in [-0.2, -0.15) is 0 Å². The smallest absolute Gasteiger partial charge is 0.338 e. The number of nitrogens with zero attached hydrogens (tertiary/aromatic N) is 2. The molecule has 0 aliphatic rings. The predicted molar refractivity (Wildman–Crippen MR) is 86.1 cm³/mol. The Morgan fingerprint density at radius 3 is 2.32 bits per heavy atom. The second kappa shape index (κ2) is 5.22. The Kier molecular flexibility index (Phi) is 3.37. The van der Waals surface area contributed by atoms with Crippen molar-refractivity contribution < 1.29 is 9.90 Å². The molecule has 3 aromatic rings. The van der Waals surface area contributed by atoms with E-state index in [1.54, 1.807) is 6.07 Å². The molecule has 0 spiro atoms. The second-order valence-corrected chi connectivity index (χ2v) is 5.57. The fraction of sp³-hybridized carbons (Fsp3) is 0.167. The Hall–Kier alpha value is -2.75. The van der Waals surface area contributed by atoms with Crippen LogP contribution >= 0.6 is 0 Å². The lowest BCUT2D eigenvalue weighted by Gasteiger charge is -2.11. The van der Waals surface area contributed by atoms with Crippen LogP contribution in [0.5, 0.6) is 0 Å². The number of carbonyl (C=O) groups is 1. The predicted octanol–water partition coefficient (Wildman–Crippen LogP) is 3.92. The highest BCUT2D eigenvalue weighted by atomic mass is 16.4. The van der Waals surface area contributed by atoms with E-state index in [0.717, 1.165) is 22.3 Å². The van der Waals surface area contributed by atoms with Gasteiger partial charge in [0.1, 0.15) is 5.69 Å². The van der Waals surface area contributed by atoms with Gasteiger partial charge in [-0.05, 0) is 38.5 Å². The van der Waals surface area contributed by atoms with Crippen molar-refractivity contribution in [2.75, 3.05) is 0 Å². The van der Waals surface area contributed by atoms with Gasteiger partial charge in [0.05, 0.1) is 11.1 Å². The number of aromatic carboxylic acids is 1. The van der Waals surface area contributed by atoms with Crippen molar-refractivity contribution in [3.05, 3.63) is 58.7 Å². The molecular weight excluding hydrogens is 276 g/mol. The molecular formula is C18H16N2O2. The van der Waals surface area contributed by atoms with Crippen LogP contribution in [0.15, 0.2) is 36.4 Å². The molecule has 0 fully saturated rings. The number of benzene rings is 2. The first-order valence-electron chi connectivity index (χ1n) is 7.05. The Labute approximate surface area is 128 Å². The zero-order chi connectivity index (χ0) is 15.9. The largest absolute Gasteiger partial charge is 0.478 e. The third-order valence-corrected chi connectivity index (χ3v) is 3.77. The maximum atomic E-state index is 11.8. The number of rotatable bonds is 2. The van der Waals surface area contributed by atoms with E-state index in [1.807, 2.05) is 51.1 Å². The number of fused-ring (bicyclic) bond motifs is 1. The summed E-state index contributed by atoms with van der Waals surface area (Å²) in [6, 6.07) is 11.4. The quantitative estimate of drug-likeness (QED) is 0.777. The van der Waals surface area contributed by atoms with E-state index in [9.17, 15) is 9.90 Å². The van der Waals surface area contributed by atoms with E-state index in [0.29, 0.717) is 16.6 Å². The molecule has 110 valence electrons. The summed E-state index contributed by atoms with van der Waals surface area (Å²) in [7, 11) is 0. The first-order valence-corrected chi connectivity index (χ1v) is 7.05. The summed E-state index contributed by atoms with van der Waals surface area (Å²) in [6.07, 6.45) is 0. The fourth-order valence-corrected chi connectivity index (χ4v) is 2.70. The zero-order valence-electron chi connectivity index (χ0n) is 12.7. The van der Waals surface area contributed by atoms with E-state index >= 15 is 0 Å². The summed E-state index contributed by atoms with van der Waals surface area (Å²) >= 11 is 0. The van der Waals surface area contributed by atoms with Gasteiger partial charge >= 0.3 is 5.97 Å². The molecule has 1 N–H and O–H groups in total. The monoisotopic (exact) mass is 292 g/mol. The van der Waals surface area contributed by atoms with Crippen LogP contribution in [0.1, 0.15) is 27.0 Å². The van der Waals surface area contributed by atoms with Crippen molar-refractivity contribution in [3.63, 3.8) is 0 Å². The SMILES string of the molecule is Cc1ccc(-c2nnc3ccc(C)cc3c2C(=O)O)c(C)c1. The van der Waals surface area contributed by atoms with Crippen molar-refractivity contribution in [2.24, 2.45) is 0 Å². The molecule has 1 aromatic heterocycles. The highest BCUT2D eigenvalue weighted by molar-refractivity contribution is 6.07. The third-order valence-electron chi connectivity index (χ3n) is 3.77. The third kappa shape index (κ3) is 2.33. The topological polar surface area (TPSA) is 63.1 Å². The first kappa shape index (κ1) is 14.2. The first-order chi connectivity index (χ1) is 10.5. The fourth-order valence-electron chi connectivity index (χ4n) is 2.70. The van der Waals surface area contributed by atoms with Crippen LogP contribution < -0.4 is 0 Å². The lowest BCUT2D eigenvalue weighted by molar-refractivity contribution is 0.0699. The van der Waals surface area contributed by atoms with Crippen molar-refractivity contribution in [3.8, 4) is 11.3 Å². The van der Waals surface area contributed by atoms with Crippen LogP contribution in [-0.4, -0.2) is 21.3 Å². The summed E-state index contributed by atoms with van der Waals surface area (Å²) in [5.74, 6) is -0.986. The van der Waals surface area contributed by atoms with Gasteiger partial charge in [-0.15, -0.1) is 10.2 Å². The minimum atomic E-state index is -0.986. The number of carboxylic acid groups (broad SMARTS) is 1. The molecule has 0 bridgehead atoms. The van der Waals surface area contributed by atoms with E-state index in [4.69, 9.17) is 0 Å². The van der Waals surface area contributed by atoms with Crippen LogP contribution in [-0.2, 0) is 0 Å². The van der Waals surface area contributed by atoms with Gasteiger partial charge < -0.3 is 5.11 Å². The number of hydrogen-bond donors (Lipinski definition) is 1. The van der Waals surface area contributed by atoms with E-state index in [-0.39, 0.29) is 5.56 Å². The molecule has 0 radical (unpaired) electrons. The van der Waals surface area contributed by atoms with Gasteiger partial charge in [0.2, 0.25) is 0 Å². The highest BCUT2D eigenvalue weighted by Crippen LogP contribution is 2.30. The minimum Gasteiger partial charge on any atom is -0.478 e. The molecule has 2 aromatic carbocycles. The zero-order valence-corrected chi connectivity index (χ0v) is 12.7. The normalized spacial score (nSPS) is 10.9. The van der Waals surface area contributed by atoms with Gasteiger partial charge in [-0.1, -0.05) is 35.4 Å². The van der Waals surface area contributed by atoms with Crippen LogP contribution in [0.2, 0.25) is 0 Å². The molecule has 1 heterocycles. The number of hydrogen-bond acceptors (Lipinski definition) is 3. The van der Waals surface area contributed by atoms with E-state index in [2.05, 4.69) is 10.2 Å². The van der Waals surface area contributed by atoms with Crippen molar-refractivity contribution >= 4 is 16.9 Å². The summed E-state index contributed by atoms with van der Waals surface area (Å²) in [6.45, 7) is 5.89. The Bertz CT molecular complexity index is 901. The van der Waals surface area contributed by atoms with Crippen LogP contribution in [0.4, 0.5) is 0 Å². The summed E-state index contributed by atoms with van der Waals surface area (Å²) < 4.78 is 0. The molecule has 4 nitrogen and oxygen atoms in total. The molecule has 0 atom stereocenters. The summed E-state index contributed by atoms with van der Waals surface area (Å²) in [5.41, 5.74) is 5.14. The average Bonchev–Trinajstić information content (AvgIpc) is 2.45. The minimum absolute atomic E-state index is 0.209. The van der Waals surface area contributed by atoms with Gasteiger partial charge in [0, 0.05) is 10.9 Å². The molecule has 3 rings (SSSR count). The van der Waals surface area contributed by atoms with E-state index < -0.39 is 5.97 Å². The molecule has 0 aliphatic carbocycles. The molecule has 22 heavy (non-hydrogen) atoms. The van der Waals surface area contributed by atoms with Crippen molar-refractivity contribution in [1.82, 2.24) is 10.2 Å². The van der Waals surface area contributed by atoms with E-state index in [1.165, 1.54) is 0 Å². The lowest BCUT2D eigenvalue weighted by atomic mass is 9.97. The number of carboxylic acids is 1. The molecule has 0 amide bonds. The standard InChI is InChI=1S/C18H16N2O2/c1-10-4-6-13(12(3)8-10)17-16(18(21)22)14-9-11(2)5-7-15(14)19-20-17/h4-9H,1-3H3,(H,21,22). The summed E-state index contributed by atoms with van der Waals surface area (Å²) in [5, 5.41) is 18.7. The maximum absolute atomic E-state index is 11.8. The number of aryl methyl sites for hydroxylation is 3. The van der Waals surface area contributed by atoms with Crippen LogP contribution in [0.25, 0.3) is 22.2 Å². The van der Waals surface area contributed by atoms with Crippen LogP contribution in [0.3, 0.4) is 0 Å². The maximum Gasteiger partial charge on any atom is 0.338 e. The van der Waals surface area contributed by atoms with Crippen molar-refractivity contribution in [2.45, 2.75) is 20.8 Å². The van der Waals surface area contributed by atoms with Gasteiger partial charge in [-0.25, -0.2) is 4.79 Å². The molecule has 0 saturated carbocycles. The Balaban J connectivity index is 2.38. The van der Waals surface area contributed by atoms with Gasteiger partial charge in [0.15, 0.2) is 0 Å². The Morgan fingerprint density at radius 1 is 0.955 bits per heavy atom. The second-order valence-electron chi connectivity index (χ2n) is 5.57.